The van der Waals surface area contributed by atoms with Crippen LogP contribution in [0.15, 0.2) is 52.4 Å². The number of aliphatic imine (C=N–C) groups is 1. The summed E-state index contributed by atoms with van der Waals surface area (Å²) in [6.07, 6.45) is 1.78. The van der Waals surface area contributed by atoms with Crippen LogP contribution in [0, 0.1) is 6.92 Å². The van der Waals surface area contributed by atoms with Crippen molar-refractivity contribution in [3.05, 3.63) is 58.5 Å². The maximum absolute atomic E-state index is 12.2. The van der Waals surface area contributed by atoms with Gasteiger partial charge in [-0.15, -0.1) is 0 Å². The fraction of sp³-hybridized carbons (Fsp3) is 0.158. The summed E-state index contributed by atoms with van der Waals surface area (Å²) in [5.74, 6) is 1.19. The minimum Gasteiger partial charge on any atom is -0.497 e. The molecule has 1 saturated heterocycles. The molecule has 1 N–H and O–H groups in total. The van der Waals surface area contributed by atoms with Gasteiger partial charge < -0.3 is 14.8 Å². The second-order valence-corrected chi connectivity index (χ2v) is 6.46. The average Bonchev–Trinajstić information content (AvgIpc) is 2.96. The molecule has 2 aromatic rings. The fourth-order valence-electron chi connectivity index (χ4n) is 2.31. The van der Waals surface area contributed by atoms with E-state index in [0.717, 1.165) is 16.8 Å². The van der Waals surface area contributed by atoms with E-state index in [4.69, 9.17) is 9.47 Å². The van der Waals surface area contributed by atoms with E-state index < -0.39 is 0 Å². The Morgan fingerprint density at radius 1 is 1.08 bits per heavy atom. The largest absolute Gasteiger partial charge is 0.497 e. The predicted molar refractivity (Wildman–Crippen MR) is 102 cm³/mol. The summed E-state index contributed by atoms with van der Waals surface area (Å²) in [5, 5.41) is 3.34. The number of ether oxygens (including phenoxy) is 2. The standard InChI is InChI=1S/C19H18N2O3S/c1-12-4-6-14(7-5-12)20-19-21-18(22)17(25-19)11-13-10-15(23-2)8-9-16(13)24-3/h4-11H,1-3H3,(H,20,21,22)/b17-11+. The molecular formula is C19H18N2O3S. The Morgan fingerprint density at radius 3 is 2.52 bits per heavy atom. The lowest BCUT2D eigenvalue weighted by molar-refractivity contribution is -0.115. The molecule has 128 valence electrons. The highest BCUT2D eigenvalue weighted by molar-refractivity contribution is 8.18. The van der Waals surface area contributed by atoms with Gasteiger partial charge in [-0.25, -0.2) is 4.99 Å². The molecule has 0 aromatic heterocycles. The number of aryl methyl sites for hydroxylation is 1. The molecule has 0 unspecified atom stereocenters. The summed E-state index contributed by atoms with van der Waals surface area (Å²) in [6, 6.07) is 13.3. The van der Waals surface area contributed by atoms with Crippen LogP contribution in [-0.4, -0.2) is 25.3 Å². The maximum Gasteiger partial charge on any atom is 0.264 e. The molecule has 25 heavy (non-hydrogen) atoms. The van der Waals surface area contributed by atoms with Crippen molar-refractivity contribution >= 4 is 34.6 Å². The molecule has 3 rings (SSSR count). The summed E-state index contributed by atoms with van der Waals surface area (Å²) in [7, 11) is 3.19. The number of benzene rings is 2. The van der Waals surface area contributed by atoms with Gasteiger partial charge in [0.1, 0.15) is 11.5 Å². The predicted octanol–water partition coefficient (Wildman–Crippen LogP) is 3.90. The molecule has 1 fully saturated rings. The van der Waals surface area contributed by atoms with Crippen LogP contribution >= 0.6 is 11.8 Å². The lowest BCUT2D eigenvalue weighted by Crippen LogP contribution is -2.19. The Kier molecular flexibility index (Phi) is 5.09. The number of carbonyl (C=O) groups is 1. The van der Waals surface area contributed by atoms with Crippen LogP contribution in [-0.2, 0) is 4.79 Å². The van der Waals surface area contributed by atoms with Crippen molar-refractivity contribution in [1.82, 2.24) is 5.32 Å². The van der Waals surface area contributed by atoms with Crippen molar-refractivity contribution in [3.8, 4) is 11.5 Å². The van der Waals surface area contributed by atoms with E-state index >= 15 is 0 Å². The second-order valence-electron chi connectivity index (χ2n) is 5.43. The van der Waals surface area contributed by atoms with Gasteiger partial charge in [-0.05, 0) is 55.1 Å². The van der Waals surface area contributed by atoms with E-state index in [1.165, 1.54) is 11.8 Å². The van der Waals surface area contributed by atoms with Gasteiger partial charge in [-0.1, -0.05) is 17.7 Å². The minimum atomic E-state index is -0.180. The lowest BCUT2D eigenvalue weighted by atomic mass is 10.1. The Morgan fingerprint density at radius 2 is 1.84 bits per heavy atom. The van der Waals surface area contributed by atoms with Gasteiger partial charge in [-0.2, -0.15) is 0 Å². The number of amides is 1. The van der Waals surface area contributed by atoms with E-state index in [9.17, 15) is 4.79 Å². The van der Waals surface area contributed by atoms with Gasteiger partial charge in [0.05, 0.1) is 24.8 Å². The number of nitrogens with zero attached hydrogens (tertiary/aromatic N) is 1. The van der Waals surface area contributed by atoms with Crippen molar-refractivity contribution in [3.63, 3.8) is 0 Å². The highest BCUT2D eigenvalue weighted by Gasteiger charge is 2.24. The summed E-state index contributed by atoms with van der Waals surface area (Å²) >= 11 is 1.30. The van der Waals surface area contributed by atoms with E-state index in [1.807, 2.05) is 49.4 Å². The molecule has 2 aromatic carbocycles. The number of amidine groups is 1. The molecule has 0 aliphatic carbocycles. The smallest absolute Gasteiger partial charge is 0.264 e. The zero-order chi connectivity index (χ0) is 17.8. The third kappa shape index (κ3) is 4.03. The summed E-state index contributed by atoms with van der Waals surface area (Å²) in [4.78, 5) is 17.3. The molecule has 6 heteroatoms. The van der Waals surface area contributed by atoms with Gasteiger partial charge in [0, 0.05) is 5.56 Å². The van der Waals surface area contributed by atoms with Crippen molar-refractivity contribution in [1.29, 1.82) is 0 Å². The topological polar surface area (TPSA) is 59.9 Å². The maximum atomic E-state index is 12.2. The molecule has 5 nitrogen and oxygen atoms in total. The number of carbonyl (C=O) groups excluding carboxylic acids is 1. The first-order valence-corrected chi connectivity index (χ1v) is 8.49. The van der Waals surface area contributed by atoms with E-state index in [2.05, 4.69) is 10.3 Å². The SMILES string of the molecule is COc1ccc(OC)c(/C=C2/SC(=Nc3ccc(C)cc3)NC2=O)c1. The molecule has 1 aliphatic rings. The molecule has 0 bridgehead atoms. The number of hydrogen-bond donors (Lipinski definition) is 1. The minimum absolute atomic E-state index is 0.180. The molecular weight excluding hydrogens is 336 g/mol. The zero-order valence-corrected chi connectivity index (χ0v) is 15.0. The Hall–Kier alpha value is -2.73. The van der Waals surface area contributed by atoms with Gasteiger partial charge in [0.2, 0.25) is 0 Å². The molecule has 1 aliphatic heterocycles. The van der Waals surface area contributed by atoms with Crippen molar-refractivity contribution in [2.45, 2.75) is 6.92 Å². The molecule has 1 heterocycles. The summed E-state index contributed by atoms with van der Waals surface area (Å²) in [6.45, 7) is 2.02. The van der Waals surface area contributed by atoms with Gasteiger partial charge in [0.25, 0.3) is 5.91 Å². The normalized spacial score (nSPS) is 17.0. The number of hydrogen-bond acceptors (Lipinski definition) is 5. The highest BCUT2D eigenvalue weighted by Crippen LogP contribution is 2.32. The monoisotopic (exact) mass is 354 g/mol. The van der Waals surface area contributed by atoms with Crippen LogP contribution in [0.2, 0.25) is 0 Å². The van der Waals surface area contributed by atoms with Gasteiger partial charge in [0.15, 0.2) is 5.17 Å². The zero-order valence-electron chi connectivity index (χ0n) is 14.2. The van der Waals surface area contributed by atoms with E-state index in [-0.39, 0.29) is 5.91 Å². The first-order chi connectivity index (χ1) is 12.1. The summed E-state index contributed by atoms with van der Waals surface area (Å²) < 4.78 is 10.6. The first kappa shape index (κ1) is 17.1. The van der Waals surface area contributed by atoms with Crippen molar-refractivity contribution < 1.29 is 14.3 Å². The Bertz CT molecular complexity index is 857. The molecule has 0 radical (unpaired) electrons. The first-order valence-electron chi connectivity index (χ1n) is 7.67. The quantitative estimate of drug-likeness (QED) is 0.846. The highest BCUT2D eigenvalue weighted by atomic mass is 32.2. The fourth-order valence-corrected chi connectivity index (χ4v) is 3.14. The Balaban J connectivity index is 1.87. The number of rotatable bonds is 4. The molecule has 0 atom stereocenters. The third-order valence-electron chi connectivity index (χ3n) is 3.64. The van der Waals surface area contributed by atoms with E-state index in [1.54, 1.807) is 20.3 Å². The van der Waals surface area contributed by atoms with Crippen LogP contribution < -0.4 is 14.8 Å². The second kappa shape index (κ2) is 7.44. The van der Waals surface area contributed by atoms with Gasteiger partial charge >= 0.3 is 0 Å². The van der Waals surface area contributed by atoms with Crippen LogP contribution in [0.4, 0.5) is 5.69 Å². The molecule has 0 spiro atoms. The number of nitrogens with one attached hydrogen (secondary N) is 1. The Labute approximate surface area is 150 Å². The third-order valence-corrected chi connectivity index (χ3v) is 4.55. The van der Waals surface area contributed by atoms with Crippen molar-refractivity contribution in [2.24, 2.45) is 4.99 Å². The molecule has 0 saturated carbocycles. The van der Waals surface area contributed by atoms with Crippen LogP contribution in [0.25, 0.3) is 6.08 Å². The van der Waals surface area contributed by atoms with Crippen molar-refractivity contribution in [2.75, 3.05) is 14.2 Å². The van der Waals surface area contributed by atoms with Crippen LogP contribution in [0.5, 0.6) is 11.5 Å². The molecule has 1 amide bonds. The number of thioether (sulfide) groups is 1. The number of methoxy groups -OCH3 is 2. The average molecular weight is 354 g/mol. The van der Waals surface area contributed by atoms with E-state index in [0.29, 0.717) is 21.6 Å². The lowest BCUT2D eigenvalue weighted by Gasteiger charge is -2.07. The van der Waals surface area contributed by atoms with Gasteiger partial charge in [-0.3, -0.25) is 4.79 Å². The van der Waals surface area contributed by atoms with Crippen LogP contribution in [0.3, 0.4) is 0 Å². The summed E-state index contributed by atoms with van der Waals surface area (Å²) in [5.41, 5.74) is 2.74. The van der Waals surface area contributed by atoms with Crippen LogP contribution in [0.1, 0.15) is 11.1 Å².